The zero-order valence-corrected chi connectivity index (χ0v) is 12.3. The molecule has 19 heavy (non-hydrogen) atoms. The second-order valence-corrected chi connectivity index (χ2v) is 4.95. The Bertz CT molecular complexity index is 399. The monoisotopic (exact) mass is 263 g/mol. The Morgan fingerprint density at radius 1 is 1.16 bits per heavy atom. The van der Waals surface area contributed by atoms with Crippen LogP contribution in [0.25, 0.3) is 0 Å². The summed E-state index contributed by atoms with van der Waals surface area (Å²) in [6.45, 7) is 9.88. The zero-order valence-electron chi connectivity index (χ0n) is 12.3. The molecule has 0 amide bonds. The molecule has 2 rings (SSSR count). The lowest BCUT2D eigenvalue weighted by atomic mass is 10.3. The van der Waals surface area contributed by atoms with Crippen LogP contribution in [0.4, 0.5) is 11.6 Å². The minimum atomic E-state index is 0.923. The first kappa shape index (κ1) is 14.1. The molecule has 2 heterocycles. The van der Waals surface area contributed by atoms with Crippen LogP contribution in [0.1, 0.15) is 26.1 Å². The van der Waals surface area contributed by atoms with E-state index in [4.69, 9.17) is 4.98 Å². The average Bonchev–Trinajstić information content (AvgIpc) is 2.47. The van der Waals surface area contributed by atoms with Gasteiger partial charge in [-0.2, -0.15) is 0 Å². The molecule has 0 aliphatic carbocycles. The molecule has 106 valence electrons. The smallest absolute Gasteiger partial charge is 0.134 e. The van der Waals surface area contributed by atoms with E-state index in [-0.39, 0.29) is 0 Å². The van der Waals surface area contributed by atoms with Crippen molar-refractivity contribution in [1.82, 2.24) is 14.9 Å². The Hall–Kier alpha value is -1.36. The lowest BCUT2D eigenvalue weighted by molar-refractivity contribution is 0.270. The molecule has 0 saturated carbocycles. The summed E-state index contributed by atoms with van der Waals surface area (Å²) in [4.78, 5) is 14.1. The predicted octanol–water partition coefficient (Wildman–Crippen LogP) is 1.61. The van der Waals surface area contributed by atoms with Gasteiger partial charge in [0.1, 0.15) is 17.5 Å². The van der Waals surface area contributed by atoms with Crippen LogP contribution in [0.2, 0.25) is 0 Å². The highest BCUT2D eigenvalue weighted by atomic mass is 15.3. The van der Waals surface area contributed by atoms with Gasteiger partial charge in [0.2, 0.25) is 0 Å². The van der Waals surface area contributed by atoms with Crippen molar-refractivity contribution in [2.75, 3.05) is 50.0 Å². The van der Waals surface area contributed by atoms with Crippen LogP contribution in [0, 0.1) is 0 Å². The van der Waals surface area contributed by atoms with Gasteiger partial charge >= 0.3 is 0 Å². The number of anilines is 2. The molecule has 0 spiro atoms. The molecule has 1 aromatic heterocycles. The molecule has 5 heteroatoms. The van der Waals surface area contributed by atoms with E-state index in [2.05, 4.69) is 40.0 Å². The van der Waals surface area contributed by atoms with Crippen LogP contribution < -0.4 is 10.2 Å². The van der Waals surface area contributed by atoms with Gasteiger partial charge < -0.3 is 15.1 Å². The molecule has 0 radical (unpaired) electrons. The fourth-order valence-electron chi connectivity index (χ4n) is 2.40. The highest BCUT2D eigenvalue weighted by molar-refractivity contribution is 5.49. The normalized spacial score (nSPS) is 16.7. The molecule has 1 fully saturated rings. The molecule has 1 aliphatic rings. The quantitative estimate of drug-likeness (QED) is 0.874. The van der Waals surface area contributed by atoms with Crippen molar-refractivity contribution in [3.05, 3.63) is 11.9 Å². The number of rotatable bonds is 5. The molecular formula is C14H25N5. The molecule has 1 N–H and O–H groups in total. The van der Waals surface area contributed by atoms with E-state index in [9.17, 15) is 0 Å². The number of piperazine rings is 1. The lowest BCUT2D eigenvalue weighted by Crippen LogP contribution is -2.46. The molecule has 0 bridgehead atoms. The number of likely N-dealkylation sites (N-methyl/N-ethyl adjacent to an activating group) is 1. The topological polar surface area (TPSA) is 44.3 Å². The molecule has 1 saturated heterocycles. The minimum Gasteiger partial charge on any atom is -0.373 e. The summed E-state index contributed by atoms with van der Waals surface area (Å²) >= 11 is 0. The van der Waals surface area contributed by atoms with Crippen molar-refractivity contribution < 1.29 is 0 Å². The molecule has 1 aliphatic heterocycles. The van der Waals surface area contributed by atoms with Crippen molar-refractivity contribution in [2.24, 2.45) is 0 Å². The van der Waals surface area contributed by atoms with E-state index in [0.29, 0.717) is 0 Å². The highest BCUT2D eigenvalue weighted by Gasteiger charge is 2.17. The second-order valence-electron chi connectivity index (χ2n) is 4.95. The zero-order chi connectivity index (χ0) is 13.7. The third-order valence-corrected chi connectivity index (χ3v) is 3.63. The fraction of sp³-hybridized carbons (Fsp3) is 0.714. The standard InChI is InChI=1S/C14H25N5/c1-4-6-12-16-13(15-3)11-14(17-12)19-9-7-18(5-2)8-10-19/h11H,4-10H2,1-3H3,(H,15,16,17). The Balaban J connectivity index is 2.12. The lowest BCUT2D eigenvalue weighted by Gasteiger charge is -2.35. The van der Waals surface area contributed by atoms with Gasteiger partial charge in [-0.3, -0.25) is 0 Å². The minimum absolute atomic E-state index is 0.923. The Kier molecular flexibility index (Phi) is 4.96. The van der Waals surface area contributed by atoms with Gasteiger partial charge in [0.05, 0.1) is 0 Å². The maximum Gasteiger partial charge on any atom is 0.134 e. The summed E-state index contributed by atoms with van der Waals surface area (Å²) in [6.07, 6.45) is 2.02. The largest absolute Gasteiger partial charge is 0.373 e. The van der Waals surface area contributed by atoms with Crippen LogP contribution in [0.3, 0.4) is 0 Å². The van der Waals surface area contributed by atoms with Crippen LogP contribution >= 0.6 is 0 Å². The molecule has 1 aromatic rings. The second kappa shape index (κ2) is 6.70. The van der Waals surface area contributed by atoms with E-state index in [1.54, 1.807) is 0 Å². The third kappa shape index (κ3) is 3.56. The summed E-state index contributed by atoms with van der Waals surface area (Å²) in [7, 11) is 1.91. The maximum absolute atomic E-state index is 4.70. The first-order valence-corrected chi connectivity index (χ1v) is 7.29. The summed E-state index contributed by atoms with van der Waals surface area (Å²) in [5, 5.41) is 3.14. The number of aryl methyl sites for hydroxylation is 1. The number of aromatic nitrogens is 2. The Labute approximate surface area is 116 Å². The van der Waals surface area contributed by atoms with Crippen molar-refractivity contribution in [3.63, 3.8) is 0 Å². The summed E-state index contributed by atoms with van der Waals surface area (Å²) in [6, 6.07) is 2.06. The molecule has 5 nitrogen and oxygen atoms in total. The number of nitrogens with one attached hydrogen (secondary N) is 1. The molecule has 0 aromatic carbocycles. The van der Waals surface area contributed by atoms with Crippen molar-refractivity contribution in [1.29, 1.82) is 0 Å². The van der Waals surface area contributed by atoms with Crippen LogP contribution in [-0.2, 0) is 6.42 Å². The Morgan fingerprint density at radius 2 is 1.89 bits per heavy atom. The van der Waals surface area contributed by atoms with Crippen molar-refractivity contribution in [2.45, 2.75) is 26.7 Å². The van der Waals surface area contributed by atoms with Gasteiger partial charge in [-0.05, 0) is 13.0 Å². The summed E-state index contributed by atoms with van der Waals surface area (Å²) < 4.78 is 0. The van der Waals surface area contributed by atoms with E-state index in [1.807, 2.05) is 7.05 Å². The summed E-state index contributed by atoms with van der Waals surface area (Å²) in [5.41, 5.74) is 0. The summed E-state index contributed by atoms with van der Waals surface area (Å²) in [5.74, 6) is 2.94. The van der Waals surface area contributed by atoms with Gasteiger partial charge in [0, 0.05) is 45.7 Å². The van der Waals surface area contributed by atoms with Crippen LogP contribution in [-0.4, -0.2) is 54.6 Å². The van der Waals surface area contributed by atoms with Gasteiger partial charge in [-0.1, -0.05) is 13.8 Å². The molecule has 0 unspecified atom stereocenters. The first-order chi connectivity index (χ1) is 9.26. The number of hydrogen-bond donors (Lipinski definition) is 1. The number of nitrogens with zero attached hydrogens (tertiary/aromatic N) is 4. The van der Waals surface area contributed by atoms with Crippen LogP contribution in [0.5, 0.6) is 0 Å². The van der Waals surface area contributed by atoms with Crippen LogP contribution in [0.15, 0.2) is 6.07 Å². The third-order valence-electron chi connectivity index (χ3n) is 3.63. The van der Waals surface area contributed by atoms with Crippen molar-refractivity contribution in [3.8, 4) is 0 Å². The maximum atomic E-state index is 4.70. The first-order valence-electron chi connectivity index (χ1n) is 7.29. The van der Waals surface area contributed by atoms with Gasteiger partial charge in [0.15, 0.2) is 0 Å². The predicted molar refractivity (Wildman–Crippen MR) is 79.9 cm³/mol. The van der Waals surface area contributed by atoms with E-state index in [0.717, 1.165) is 63.0 Å². The highest BCUT2D eigenvalue weighted by Crippen LogP contribution is 2.18. The van der Waals surface area contributed by atoms with Gasteiger partial charge in [0.25, 0.3) is 0 Å². The van der Waals surface area contributed by atoms with Gasteiger partial charge in [-0.15, -0.1) is 0 Å². The Morgan fingerprint density at radius 3 is 2.47 bits per heavy atom. The molecular weight excluding hydrogens is 238 g/mol. The van der Waals surface area contributed by atoms with E-state index < -0.39 is 0 Å². The van der Waals surface area contributed by atoms with E-state index in [1.165, 1.54) is 0 Å². The molecule has 0 atom stereocenters. The fourth-order valence-corrected chi connectivity index (χ4v) is 2.40. The average molecular weight is 263 g/mol. The SMILES string of the molecule is CCCc1nc(NC)cc(N2CCN(CC)CC2)n1. The number of hydrogen-bond acceptors (Lipinski definition) is 5. The van der Waals surface area contributed by atoms with Gasteiger partial charge in [-0.25, -0.2) is 9.97 Å². The van der Waals surface area contributed by atoms with E-state index >= 15 is 0 Å². The van der Waals surface area contributed by atoms with Crippen molar-refractivity contribution >= 4 is 11.6 Å².